The van der Waals surface area contributed by atoms with Gasteiger partial charge < -0.3 is 10.2 Å². The number of anilines is 1. The summed E-state index contributed by atoms with van der Waals surface area (Å²) in [4.78, 5) is 14.2. The highest BCUT2D eigenvalue weighted by Crippen LogP contribution is 2.13. The molecule has 0 saturated heterocycles. The van der Waals surface area contributed by atoms with Crippen LogP contribution in [-0.2, 0) is 6.42 Å². The SMILES string of the molecule is CN(C)c1ccc(CCCNC(=O)c2ccccc2I)cc1. The molecule has 116 valence electrons. The van der Waals surface area contributed by atoms with E-state index in [9.17, 15) is 4.79 Å². The summed E-state index contributed by atoms with van der Waals surface area (Å²) in [5.41, 5.74) is 3.25. The molecule has 4 heteroatoms. The minimum Gasteiger partial charge on any atom is -0.378 e. The molecule has 0 radical (unpaired) electrons. The average Bonchev–Trinajstić information content (AvgIpc) is 2.52. The van der Waals surface area contributed by atoms with Crippen LogP contribution in [0.3, 0.4) is 0 Å². The third-order valence-electron chi connectivity index (χ3n) is 3.50. The van der Waals surface area contributed by atoms with E-state index in [2.05, 4.69) is 57.1 Å². The second-order valence-electron chi connectivity index (χ2n) is 5.40. The van der Waals surface area contributed by atoms with E-state index < -0.39 is 0 Å². The second-order valence-corrected chi connectivity index (χ2v) is 6.56. The summed E-state index contributed by atoms with van der Waals surface area (Å²) in [6.07, 6.45) is 1.91. The van der Waals surface area contributed by atoms with Gasteiger partial charge in [0.1, 0.15) is 0 Å². The first-order chi connectivity index (χ1) is 10.6. The molecule has 0 aliphatic rings. The van der Waals surface area contributed by atoms with Crippen LogP contribution in [0.25, 0.3) is 0 Å². The predicted molar refractivity (Wildman–Crippen MR) is 101 cm³/mol. The first-order valence-corrected chi connectivity index (χ1v) is 8.45. The largest absolute Gasteiger partial charge is 0.378 e. The van der Waals surface area contributed by atoms with E-state index in [1.54, 1.807) is 0 Å². The number of amides is 1. The number of nitrogens with zero attached hydrogens (tertiary/aromatic N) is 1. The number of carbonyl (C=O) groups excluding carboxylic acids is 1. The van der Waals surface area contributed by atoms with E-state index in [4.69, 9.17) is 0 Å². The van der Waals surface area contributed by atoms with Gasteiger partial charge in [-0.1, -0.05) is 24.3 Å². The Hall–Kier alpha value is -1.56. The maximum atomic E-state index is 12.1. The maximum Gasteiger partial charge on any atom is 0.252 e. The van der Waals surface area contributed by atoms with E-state index in [1.807, 2.05) is 38.4 Å². The zero-order valence-corrected chi connectivity index (χ0v) is 15.1. The number of carbonyl (C=O) groups is 1. The Kier molecular flexibility index (Phi) is 6.24. The lowest BCUT2D eigenvalue weighted by molar-refractivity contribution is 0.0952. The van der Waals surface area contributed by atoms with Gasteiger partial charge in [0.2, 0.25) is 0 Å². The van der Waals surface area contributed by atoms with Gasteiger partial charge in [-0.25, -0.2) is 0 Å². The smallest absolute Gasteiger partial charge is 0.252 e. The van der Waals surface area contributed by atoms with Gasteiger partial charge in [-0.15, -0.1) is 0 Å². The lowest BCUT2D eigenvalue weighted by atomic mass is 10.1. The van der Waals surface area contributed by atoms with Gasteiger partial charge in [-0.3, -0.25) is 4.79 Å². The number of hydrogen-bond donors (Lipinski definition) is 1. The molecule has 1 N–H and O–H groups in total. The second kappa shape index (κ2) is 8.17. The van der Waals surface area contributed by atoms with Crippen molar-refractivity contribution in [1.29, 1.82) is 0 Å². The van der Waals surface area contributed by atoms with E-state index >= 15 is 0 Å². The lowest BCUT2D eigenvalue weighted by Gasteiger charge is -2.12. The fourth-order valence-corrected chi connectivity index (χ4v) is 2.83. The highest BCUT2D eigenvalue weighted by Gasteiger charge is 2.07. The van der Waals surface area contributed by atoms with Crippen molar-refractivity contribution in [2.24, 2.45) is 0 Å². The molecular formula is C18H21IN2O. The van der Waals surface area contributed by atoms with Crippen LogP contribution in [0, 0.1) is 3.57 Å². The Bertz CT molecular complexity index is 623. The Labute approximate surface area is 145 Å². The van der Waals surface area contributed by atoms with Crippen LogP contribution in [-0.4, -0.2) is 26.5 Å². The standard InChI is InChI=1S/C18H21IN2O/c1-21(2)15-11-9-14(10-12-15)6-5-13-20-18(22)16-7-3-4-8-17(16)19/h3-4,7-12H,5-6,13H2,1-2H3,(H,20,22). The fraction of sp³-hybridized carbons (Fsp3) is 0.278. The van der Waals surface area contributed by atoms with Gasteiger partial charge in [-0.2, -0.15) is 0 Å². The number of nitrogens with one attached hydrogen (secondary N) is 1. The summed E-state index contributed by atoms with van der Waals surface area (Å²) >= 11 is 2.19. The molecule has 0 heterocycles. The van der Waals surface area contributed by atoms with Crippen molar-refractivity contribution in [3.05, 3.63) is 63.2 Å². The number of aryl methyl sites for hydroxylation is 1. The molecule has 2 aromatic carbocycles. The van der Waals surface area contributed by atoms with Crippen molar-refractivity contribution in [3.63, 3.8) is 0 Å². The van der Waals surface area contributed by atoms with Crippen LogP contribution in [0.1, 0.15) is 22.3 Å². The first-order valence-electron chi connectivity index (χ1n) is 7.37. The van der Waals surface area contributed by atoms with E-state index in [0.717, 1.165) is 22.0 Å². The van der Waals surface area contributed by atoms with Crippen molar-refractivity contribution in [3.8, 4) is 0 Å². The molecule has 0 bridgehead atoms. The zero-order chi connectivity index (χ0) is 15.9. The number of benzene rings is 2. The van der Waals surface area contributed by atoms with E-state index in [0.29, 0.717) is 6.54 Å². The average molecular weight is 408 g/mol. The Morgan fingerprint density at radius 2 is 1.77 bits per heavy atom. The minimum atomic E-state index is 0.00737. The van der Waals surface area contributed by atoms with Crippen molar-refractivity contribution in [2.45, 2.75) is 12.8 Å². The molecule has 2 rings (SSSR count). The normalized spacial score (nSPS) is 10.3. The van der Waals surface area contributed by atoms with E-state index in [1.165, 1.54) is 11.3 Å². The van der Waals surface area contributed by atoms with Crippen LogP contribution in [0.2, 0.25) is 0 Å². The Balaban J connectivity index is 1.77. The molecular weight excluding hydrogens is 387 g/mol. The Morgan fingerprint density at radius 3 is 2.41 bits per heavy atom. The summed E-state index contributed by atoms with van der Waals surface area (Å²) in [6, 6.07) is 16.2. The molecule has 0 spiro atoms. The fourth-order valence-electron chi connectivity index (χ4n) is 2.20. The highest BCUT2D eigenvalue weighted by molar-refractivity contribution is 14.1. The lowest BCUT2D eigenvalue weighted by Crippen LogP contribution is -2.25. The zero-order valence-electron chi connectivity index (χ0n) is 13.0. The van der Waals surface area contributed by atoms with Crippen molar-refractivity contribution < 1.29 is 4.79 Å². The van der Waals surface area contributed by atoms with Crippen LogP contribution in [0.5, 0.6) is 0 Å². The predicted octanol–water partition coefficient (Wildman–Crippen LogP) is 3.72. The van der Waals surface area contributed by atoms with Gasteiger partial charge in [-0.05, 0) is 65.3 Å². The van der Waals surface area contributed by atoms with Crippen molar-refractivity contribution >= 4 is 34.2 Å². The van der Waals surface area contributed by atoms with Crippen LogP contribution in [0.4, 0.5) is 5.69 Å². The summed E-state index contributed by atoms with van der Waals surface area (Å²) in [5, 5.41) is 2.99. The third-order valence-corrected chi connectivity index (χ3v) is 4.44. The molecule has 0 aliphatic carbocycles. The van der Waals surface area contributed by atoms with E-state index in [-0.39, 0.29) is 5.91 Å². The molecule has 3 nitrogen and oxygen atoms in total. The first kappa shape index (κ1) is 16.8. The number of halogens is 1. The van der Waals surface area contributed by atoms with Gasteiger partial charge in [0, 0.05) is 29.9 Å². The van der Waals surface area contributed by atoms with Gasteiger partial charge in [0.15, 0.2) is 0 Å². The van der Waals surface area contributed by atoms with Gasteiger partial charge in [0.05, 0.1) is 5.56 Å². The van der Waals surface area contributed by atoms with Crippen molar-refractivity contribution in [2.75, 3.05) is 25.5 Å². The van der Waals surface area contributed by atoms with Crippen molar-refractivity contribution in [1.82, 2.24) is 5.32 Å². The quantitative estimate of drug-likeness (QED) is 0.584. The molecule has 0 fully saturated rings. The molecule has 0 aromatic heterocycles. The molecule has 0 saturated carbocycles. The summed E-state index contributed by atoms with van der Waals surface area (Å²) in [7, 11) is 4.07. The van der Waals surface area contributed by atoms with Crippen LogP contribution >= 0.6 is 22.6 Å². The minimum absolute atomic E-state index is 0.00737. The molecule has 0 aliphatic heterocycles. The van der Waals surface area contributed by atoms with Crippen LogP contribution in [0.15, 0.2) is 48.5 Å². The van der Waals surface area contributed by atoms with Gasteiger partial charge in [0.25, 0.3) is 5.91 Å². The molecule has 0 unspecified atom stereocenters. The summed E-state index contributed by atoms with van der Waals surface area (Å²) < 4.78 is 0.983. The molecule has 2 aromatic rings. The maximum absolute atomic E-state index is 12.1. The Morgan fingerprint density at radius 1 is 1.09 bits per heavy atom. The molecule has 22 heavy (non-hydrogen) atoms. The highest BCUT2D eigenvalue weighted by atomic mass is 127. The third kappa shape index (κ3) is 4.73. The molecule has 0 atom stereocenters. The number of hydrogen-bond acceptors (Lipinski definition) is 2. The van der Waals surface area contributed by atoms with Gasteiger partial charge >= 0.3 is 0 Å². The topological polar surface area (TPSA) is 32.3 Å². The monoisotopic (exact) mass is 408 g/mol. The van der Waals surface area contributed by atoms with Crippen LogP contribution < -0.4 is 10.2 Å². The summed E-state index contributed by atoms with van der Waals surface area (Å²) in [5.74, 6) is 0.00737. The number of rotatable bonds is 6. The molecule has 1 amide bonds. The summed E-state index contributed by atoms with van der Waals surface area (Å²) in [6.45, 7) is 0.694.